The standard InChI is InChI=1S/C20H25NO3S2/c1-3-4-5-13-24-18(22)7-6-12-21-19(23)17(26-20(21)25)14-16-10-8-15(2)9-11-16/h8-11,14H,3-7,12-13H2,1-2H3/b17-14-. The second-order valence-corrected chi connectivity index (χ2v) is 7.95. The van der Waals surface area contributed by atoms with Gasteiger partial charge in [0.1, 0.15) is 4.32 Å². The predicted molar refractivity (Wildman–Crippen MR) is 111 cm³/mol. The number of thioether (sulfide) groups is 1. The molecule has 1 aliphatic rings. The van der Waals surface area contributed by atoms with Gasteiger partial charge in [0.05, 0.1) is 11.5 Å². The second kappa shape index (κ2) is 10.5. The third-order valence-electron chi connectivity index (χ3n) is 4.02. The first-order chi connectivity index (χ1) is 12.5. The maximum absolute atomic E-state index is 12.5. The van der Waals surface area contributed by atoms with Crippen LogP contribution in [0.25, 0.3) is 6.08 Å². The third kappa shape index (κ3) is 6.25. The smallest absolute Gasteiger partial charge is 0.305 e. The van der Waals surface area contributed by atoms with E-state index in [4.69, 9.17) is 17.0 Å². The van der Waals surface area contributed by atoms with Crippen LogP contribution in [0.5, 0.6) is 0 Å². The van der Waals surface area contributed by atoms with Crippen molar-refractivity contribution in [1.82, 2.24) is 4.90 Å². The van der Waals surface area contributed by atoms with Crippen molar-refractivity contribution in [2.24, 2.45) is 0 Å². The molecule has 1 fully saturated rings. The van der Waals surface area contributed by atoms with Crippen LogP contribution in [-0.4, -0.2) is 34.2 Å². The van der Waals surface area contributed by atoms with Gasteiger partial charge in [-0.3, -0.25) is 14.5 Å². The zero-order valence-corrected chi connectivity index (χ0v) is 17.0. The molecular formula is C20H25NO3S2. The molecule has 1 amide bonds. The number of amides is 1. The summed E-state index contributed by atoms with van der Waals surface area (Å²) in [5.74, 6) is -0.293. The van der Waals surface area contributed by atoms with E-state index in [1.54, 1.807) is 4.90 Å². The first-order valence-corrected chi connectivity index (χ1v) is 10.2. The third-order valence-corrected chi connectivity index (χ3v) is 5.40. The van der Waals surface area contributed by atoms with Crippen LogP contribution in [-0.2, 0) is 14.3 Å². The first-order valence-electron chi connectivity index (χ1n) is 8.99. The number of nitrogens with zero attached hydrogens (tertiary/aromatic N) is 1. The molecule has 0 radical (unpaired) electrons. The van der Waals surface area contributed by atoms with Gasteiger partial charge in [0.25, 0.3) is 5.91 Å². The molecule has 1 aromatic carbocycles. The lowest BCUT2D eigenvalue weighted by Gasteiger charge is -2.13. The van der Waals surface area contributed by atoms with Crippen molar-refractivity contribution in [1.29, 1.82) is 0 Å². The fourth-order valence-corrected chi connectivity index (χ4v) is 3.81. The average molecular weight is 392 g/mol. The van der Waals surface area contributed by atoms with E-state index < -0.39 is 0 Å². The topological polar surface area (TPSA) is 46.6 Å². The summed E-state index contributed by atoms with van der Waals surface area (Å²) in [5, 5.41) is 0. The minimum absolute atomic E-state index is 0.0862. The van der Waals surface area contributed by atoms with Gasteiger partial charge in [-0.1, -0.05) is 73.6 Å². The number of esters is 1. The molecule has 1 aromatic rings. The van der Waals surface area contributed by atoms with Crippen LogP contribution in [0, 0.1) is 6.92 Å². The van der Waals surface area contributed by atoms with Crippen molar-refractivity contribution in [3.63, 3.8) is 0 Å². The normalized spacial score (nSPS) is 15.8. The van der Waals surface area contributed by atoms with E-state index in [1.165, 1.54) is 17.3 Å². The Hall–Kier alpha value is -1.66. The number of rotatable bonds is 9. The Labute approximate surface area is 165 Å². The van der Waals surface area contributed by atoms with E-state index >= 15 is 0 Å². The van der Waals surface area contributed by atoms with E-state index in [-0.39, 0.29) is 11.9 Å². The first kappa shape index (κ1) is 20.6. The summed E-state index contributed by atoms with van der Waals surface area (Å²) in [6.07, 6.45) is 5.79. The maximum Gasteiger partial charge on any atom is 0.305 e. The molecule has 0 N–H and O–H groups in total. The lowest BCUT2D eigenvalue weighted by Crippen LogP contribution is -2.29. The van der Waals surface area contributed by atoms with Crippen molar-refractivity contribution in [3.05, 3.63) is 40.3 Å². The number of aryl methyl sites for hydroxylation is 1. The van der Waals surface area contributed by atoms with Gasteiger partial charge in [0, 0.05) is 13.0 Å². The fraction of sp³-hybridized carbons (Fsp3) is 0.450. The molecule has 1 aliphatic heterocycles. The maximum atomic E-state index is 12.5. The summed E-state index contributed by atoms with van der Waals surface area (Å²) >= 11 is 6.63. The van der Waals surface area contributed by atoms with E-state index in [0.29, 0.717) is 35.2 Å². The molecule has 0 saturated carbocycles. The van der Waals surface area contributed by atoms with Crippen molar-refractivity contribution in [3.8, 4) is 0 Å². The number of carbonyl (C=O) groups is 2. The van der Waals surface area contributed by atoms with Crippen LogP contribution >= 0.6 is 24.0 Å². The van der Waals surface area contributed by atoms with Gasteiger partial charge in [-0.25, -0.2) is 0 Å². The van der Waals surface area contributed by atoms with Crippen LogP contribution in [0.4, 0.5) is 0 Å². The SMILES string of the molecule is CCCCCOC(=O)CCCN1C(=O)/C(=C/c2ccc(C)cc2)SC1=S. The average Bonchev–Trinajstić information content (AvgIpc) is 2.88. The largest absolute Gasteiger partial charge is 0.466 e. The summed E-state index contributed by atoms with van der Waals surface area (Å²) in [6, 6.07) is 7.99. The second-order valence-electron chi connectivity index (χ2n) is 6.28. The highest BCUT2D eigenvalue weighted by molar-refractivity contribution is 8.26. The molecule has 6 heteroatoms. The Morgan fingerprint density at radius 1 is 1.23 bits per heavy atom. The fourth-order valence-electron chi connectivity index (χ4n) is 2.50. The van der Waals surface area contributed by atoms with E-state index in [2.05, 4.69) is 6.92 Å². The van der Waals surface area contributed by atoms with Crippen LogP contribution in [0.15, 0.2) is 29.2 Å². The van der Waals surface area contributed by atoms with Crippen LogP contribution < -0.4 is 0 Å². The molecule has 0 unspecified atom stereocenters. The summed E-state index contributed by atoms with van der Waals surface area (Å²) in [4.78, 5) is 26.4. The summed E-state index contributed by atoms with van der Waals surface area (Å²) < 4.78 is 5.73. The Morgan fingerprint density at radius 3 is 2.65 bits per heavy atom. The highest BCUT2D eigenvalue weighted by atomic mass is 32.2. The molecule has 0 spiro atoms. The van der Waals surface area contributed by atoms with E-state index in [0.717, 1.165) is 24.8 Å². The molecular weight excluding hydrogens is 366 g/mol. The van der Waals surface area contributed by atoms with Crippen LogP contribution in [0.2, 0.25) is 0 Å². The van der Waals surface area contributed by atoms with Gasteiger partial charge >= 0.3 is 5.97 Å². The Morgan fingerprint density at radius 2 is 1.96 bits per heavy atom. The number of ether oxygens (including phenoxy) is 1. The predicted octanol–water partition coefficient (Wildman–Crippen LogP) is 4.71. The summed E-state index contributed by atoms with van der Waals surface area (Å²) in [6.45, 7) is 5.06. The molecule has 0 bridgehead atoms. The minimum Gasteiger partial charge on any atom is -0.466 e. The molecule has 0 aliphatic carbocycles. The van der Waals surface area contributed by atoms with Gasteiger partial charge in [0.2, 0.25) is 0 Å². The number of hydrogen-bond donors (Lipinski definition) is 0. The summed E-state index contributed by atoms with van der Waals surface area (Å²) in [5.41, 5.74) is 2.16. The number of thiocarbonyl (C=S) groups is 1. The van der Waals surface area contributed by atoms with Crippen molar-refractivity contribution >= 4 is 46.3 Å². The molecule has 4 nitrogen and oxygen atoms in total. The van der Waals surface area contributed by atoms with Crippen molar-refractivity contribution in [2.45, 2.75) is 46.0 Å². The molecule has 1 heterocycles. The highest BCUT2D eigenvalue weighted by Crippen LogP contribution is 2.32. The quantitative estimate of drug-likeness (QED) is 0.264. The molecule has 0 aromatic heterocycles. The van der Waals surface area contributed by atoms with Crippen molar-refractivity contribution in [2.75, 3.05) is 13.2 Å². The van der Waals surface area contributed by atoms with Crippen LogP contribution in [0.3, 0.4) is 0 Å². The molecule has 26 heavy (non-hydrogen) atoms. The molecule has 140 valence electrons. The summed E-state index contributed by atoms with van der Waals surface area (Å²) in [7, 11) is 0. The van der Waals surface area contributed by atoms with Gasteiger partial charge in [0.15, 0.2) is 0 Å². The monoisotopic (exact) mass is 391 g/mol. The molecule has 2 rings (SSSR count). The Kier molecular flexibility index (Phi) is 8.32. The number of unbranched alkanes of at least 4 members (excludes halogenated alkanes) is 2. The number of hydrogen-bond acceptors (Lipinski definition) is 5. The lowest BCUT2D eigenvalue weighted by atomic mass is 10.1. The van der Waals surface area contributed by atoms with E-state index in [9.17, 15) is 9.59 Å². The van der Waals surface area contributed by atoms with Crippen LogP contribution in [0.1, 0.15) is 50.2 Å². The van der Waals surface area contributed by atoms with E-state index in [1.807, 2.05) is 37.3 Å². The van der Waals surface area contributed by atoms with Gasteiger partial charge in [-0.05, 0) is 31.4 Å². The zero-order chi connectivity index (χ0) is 18.9. The lowest BCUT2D eigenvalue weighted by molar-refractivity contribution is -0.144. The molecule has 1 saturated heterocycles. The molecule has 0 atom stereocenters. The van der Waals surface area contributed by atoms with Gasteiger partial charge in [-0.2, -0.15) is 0 Å². The number of carbonyl (C=O) groups excluding carboxylic acids is 2. The van der Waals surface area contributed by atoms with Gasteiger partial charge in [-0.15, -0.1) is 0 Å². The number of benzene rings is 1. The zero-order valence-electron chi connectivity index (χ0n) is 15.3. The minimum atomic E-state index is -0.207. The van der Waals surface area contributed by atoms with Gasteiger partial charge < -0.3 is 4.74 Å². The Balaban J connectivity index is 1.81. The highest BCUT2D eigenvalue weighted by Gasteiger charge is 2.31. The Bertz CT molecular complexity index is 683. The van der Waals surface area contributed by atoms with Crippen molar-refractivity contribution < 1.29 is 14.3 Å².